The minimum atomic E-state index is -0.981. The molecule has 0 aliphatic carbocycles. The highest BCUT2D eigenvalue weighted by Gasteiger charge is 1.73. The molecule has 58 valence electrons. The summed E-state index contributed by atoms with van der Waals surface area (Å²) >= 11 is 0. The standard InChI is InChI=1S/C6H6.C3H4O2/c1-2-4-6-5-3-1;1-2-3(4)5/h1-6H;2H,1H2,(H,4,5). The molecule has 0 aromatic heterocycles. The van der Waals surface area contributed by atoms with Crippen molar-refractivity contribution >= 4 is 5.97 Å². The Labute approximate surface area is 65.8 Å². The monoisotopic (exact) mass is 150 g/mol. The van der Waals surface area contributed by atoms with Crippen molar-refractivity contribution in [3.63, 3.8) is 0 Å². The molecule has 0 spiro atoms. The van der Waals surface area contributed by atoms with Gasteiger partial charge in [-0.2, -0.15) is 0 Å². The SMILES string of the molecule is C=CC(=O)O.c1ccccc1. The number of aliphatic carboxylic acids is 1. The zero-order chi connectivity index (χ0) is 8.53. The number of carboxylic acids is 1. The van der Waals surface area contributed by atoms with Crippen LogP contribution in [0.25, 0.3) is 0 Å². The van der Waals surface area contributed by atoms with Gasteiger partial charge < -0.3 is 5.11 Å². The smallest absolute Gasteiger partial charge is 0.327 e. The van der Waals surface area contributed by atoms with Crippen LogP contribution in [-0.4, -0.2) is 11.1 Å². The van der Waals surface area contributed by atoms with E-state index in [-0.39, 0.29) is 0 Å². The number of hydrogen-bond donors (Lipinski definition) is 1. The van der Waals surface area contributed by atoms with Gasteiger partial charge in [-0.15, -0.1) is 0 Å². The molecule has 1 aromatic carbocycles. The van der Waals surface area contributed by atoms with Gasteiger partial charge in [0, 0.05) is 6.08 Å². The Morgan fingerprint density at radius 3 is 1.36 bits per heavy atom. The maximum absolute atomic E-state index is 9.25. The first kappa shape index (κ1) is 9.43. The van der Waals surface area contributed by atoms with Crippen molar-refractivity contribution in [1.29, 1.82) is 0 Å². The summed E-state index contributed by atoms with van der Waals surface area (Å²) in [5.74, 6) is -0.981. The van der Waals surface area contributed by atoms with Crippen LogP contribution < -0.4 is 0 Å². The number of carboxylic acid groups (broad SMARTS) is 1. The average molecular weight is 150 g/mol. The summed E-state index contributed by atoms with van der Waals surface area (Å²) in [4.78, 5) is 9.25. The normalized spacial score (nSPS) is 7.27. The highest BCUT2D eigenvalue weighted by Crippen LogP contribution is 1.79. The minimum absolute atomic E-state index is 0.833. The van der Waals surface area contributed by atoms with Crippen molar-refractivity contribution in [1.82, 2.24) is 0 Å². The first-order valence-electron chi connectivity index (χ1n) is 3.12. The van der Waals surface area contributed by atoms with Crippen molar-refractivity contribution in [2.24, 2.45) is 0 Å². The van der Waals surface area contributed by atoms with Crippen LogP contribution in [0.1, 0.15) is 0 Å². The van der Waals surface area contributed by atoms with Crippen LogP contribution in [-0.2, 0) is 4.79 Å². The highest BCUT2D eigenvalue weighted by molar-refractivity contribution is 5.78. The summed E-state index contributed by atoms with van der Waals surface area (Å²) in [5.41, 5.74) is 0. The molecule has 0 radical (unpaired) electrons. The second-order valence-electron chi connectivity index (χ2n) is 1.70. The van der Waals surface area contributed by atoms with E-state index in [0.717, 1.165) is 6.08 Å². The van der Waals surface area contributed by atoms with Gasteiger partial charge in [0.15, 0.2) is 0 Å². The van der Waals surface area contributed by atoms with Crippen LogP contribution in [0.5, 0.6) is 0 Å². The van der Waals surface area contributed by atoms with Gasteiger partial charge in [-0.3, -0.25) is 0 Å². The Morgan fingerprint density at radius 2 is 1.27 bits per heavy atom. The molecule has 1 aromatic rings. The Bertz CT molecular complexity index is 177. The first-order chi connectivity index (χ1) is 5.27. The molecule has 11 heavy (non-hydrogen) atoms. The molecule has 0 saturated carbocycles. The molecule has 0 unspecified atom stereocenters. The van der Waals surface area contributed by atoms with Gasteiger partial charge in [-0.05, 0) is 0 Å². The van der Waals surface area contributed by atoms with Crippen molar-refractivity contribution in [2.45, 2.75) is 0 Å². The number of carbonyl (C=O) groups is 1. The molecule has 0 bridgehead atoms. The second-order valence-corrected chi connectivity index (χ2v) is 1.70. The van der Waals surface area contributed by atoms with Crippen molar-refractivity contribution in [3.05, 3.63) is 49.1 Å². The van der Waals surface area contributed by atoms with Gasteiger partial charge in [0.05, 0.1) is 0 Å². The van der Waals surface area contributed by atoms with E-state index in [4.69, 9.17) is 5.11 Å². The fourth-order valence-corrected chi connectivity index (χ4v) is 0.385. The molecule has 2 heteroatoms. The van der Waals surface area contributed by atoms with Crippen molar-refractivity contribution in [2.75, 3.05) is 0 Å². The average Bonchev–Trinajstić information content (AvgIpc) is 2.09. The summed E-state index contributed by atoms with van der Waals surface area (Å²) < 4.78 is 0. The zero-order valence-corrected chi connectivity index (χ0v) is 6.10. The Balaban J connectivity index is 0.000000187. The van der Waals surface area contributed by atoms with E-state index in [1.54, 1.807) is 0 Å². The molecule has 0 aliphatic heterocycles. The largest absolute Gasteiger partial charge is 0.478 e. The van der Waals surface area contributed by atoms with Crippen molar-refractivity contribution in [3.8, 4) is 0 Å². The molecule has 1 N–H and O–H groups in total. The first-order valence-corrected chi connectivity index (χ1v) is 3.12. The van der Waals surface area contributed by atoms with Crippen LogP contribution in [0.2, 0.25) is 0 Å². The van der Waals surface area contributed by atoms with Gasteiger partial charge >= 0.3 is 5.97 Å². The number of benzene rings is 1. The van der Waals surface area contributed by atoms with E-state index in [9.17, 15) is 4.79 Å². The molecule has 0 atom stereocenters. The molecule has 0 saturated heterocycles. The second kappa shape index (κ2) is 6.55. The van der Waals surface area contributed by atoms with E-state index >= 15 is 0 Å². The molecular formula is C9H10O2. The quantitative estimate of drug-likeness (QED) is 0.621. The molecule has 0 aliphatic rings. The van der Waals surface area contributed by atoms with Gasteiger partial charge in [0.1, 0.15) is 0 Å². The molecule has 2 nitrogen and oxygen atoms in total. The van der Waals surface area contributed by atoms with Gasteiger partial charge in [-0.25, -0.2) is 4.79 Å². The predicted octanol–water partition coefficient (Wildman–Crippen LogP) is 1.94. The van der Waals surface area contributed by atoms with Gasteiger partial charge in [0.2, 0.25) is 0 Å². The maximum Gasteiger partial charge on any atom is 0.327 e. The third kappa shape index (κ3) is 8.43. The Kier molecular flexibility index (Phi) is 5.61. The summed E-state index contributed by atoms with van der Waals surface area (Å²) in [6.45, 7) is 2.96. The Morgan fingerprint density at radius 1 is 1.09 bits per heavy atom. The van der Waals surface area contributed by atoms with Crippen LogP contribution in [0.3, 0.4) is 0 Å². The fourth-order valence-electron chi connectivity index (χ4n) is 0.385. The van der Waals surface area contributed by atoms with E-state index in [1.807, 2.05) is 36.4 Å². The molecule has 0 amide bonds. The third-order valence-corrected chi connectivity index (χ3v) is 0.841. The molecule has 0 heterocycles. The lowest BCUT2D eigenvalue weighted by atomic mass is 10.4. The fraction of sp³-hybridized carbons (Fsp3) is 0. The van der Waals surface area contributed by atoms with Crippen molar-refractivity contribution < 1.29 is 9.90 Å². The number of hydrogen-bond acceptors (Lipinski definition) is 1. The van der Waals surface area contributed by atoms with E-state index in [0.29, 0.717) is 0 Å². The highest BCUT2D eigenvalue weighted by atomic mass is 16.4. The van der Waals surface area contributed by atoms with E-state index in [2.05, 4.69) is 6.58 Å². The van der Waals surface area contributed by atoms with Crippen LogP contribution in [0, 0.1) is 0 Å². The van der Waals surface area contributed by atoms with Crippen LogP contribution >= 0.6 is 0 Å². The van der Waals surface area contributed by atoms with Crippen LogP contribution in [0.4, 0.5) is 0 Å². The lowest BCUT2D eigenvalue weighted by Crippen LogP contribution is -1.82. The summed E-state index contributed by atoms with van der Waals surface area (Å²) in [7, 11) is 0. The lowest BCUT2D eigenvalue weighted by molar-refractivity contribution is -0.131. The summed E-state index contributed by atoms with van der Waals surface area (Å²) in [6, 6.07) is 12.0. The number of rotatable bonds is 1. The molecule has 0 fully saturated rings. The third-order valence-electron chi connectivity index (χ3n) is 0.841. The molecular weight excluding hydrogens is 140 g/mol. The van der Waals surface area contributed by atoms with E-state index < -0.39 is 5.97 Å². The van der Waals surface area contributed by atoms with Crippen LogP contribution in [0.15, 0.2) is 49.1 Å². The van der Waals surface area contributed by atoms with Gasteiger partial charge in [-0.1, -0.05) is 43.0 Å². The molecule has 1 rings (SSSR count). The maximum atomic E-state index is 9.25. The summed E-state index contributed by atoms with van der Waals surface area (Å²) in [6.07, 6.45) is 0.833. The van der Waals surface area contributed by atoms with Gasteiger partial charge in [0.25, 0.3) is 0 Å². The Hall–Kier alpha value is -1.57. The summed E-state index contributed by atoms with van der Waals surface area (Å²) in [5, 5.41) is 7.60. The predicted molar refractivity (Wildman–Crippen MR) is 44.3 cm³/mol. The minimum Gasteiger partial charge on any atom is -0.478 e. The topological polar surface area (TPSA) is 37.3 Å². The van der Waals surface area contributed by atoms with E-state index in [1.165, 1.54) is 0 Å². The zero-order valence-electron chi connectivity index (χ0n) is 6.10. The lowest BCUT2D eigenvalue weighted by Gasteiger charge is -1.69.